The number of benzene rings is 1. The zero-order valence-corrected chi connectivity index (χ0v) is 15.0. The number of amides is 1. The molecule has 4 rings (SSSR count). The summed E-state index contributed by atoms with van der Waals surface area (Å²) in [6.45, 7) is 2.28. The fourth-order valence-corrected chi connectivity index (χ4v) is 3.95. The number of pyridine rings is 1. The highest BCUT2D eigenvalue weighted by molar-refractivity contribution is 7.12. The van der Waals surface area contributed by atoms with Gasteiger partial charge < -0.3 is 10.1 Å². The molecular weight excluding hydrogens is 351 g/mol. The number of aromatic nitrogens is 1. The maximum atomic E-state index is 14.0. The second-order valence-electron chi connectivity index (χ2n) is 6.24. The van der Waals surface area contributed by atoms with E-state index in [1.54, 1.807) is 6.20 Å². The van der Waals surface area contributed by atoms with Gasteiger partial charge in [0.05, 0.1) is 17.1 Å². The Hall–Kier alpha value is -2.73. The number of aryl methyl sites for hydroxylation is 1. The molecule has 1 aliphatic heterocycles. The second-order valence-corrected chi connectivity index (χ2v) is 7.16. The predicted octanol–water partition coefficient (Wildman–Crippen LogP) is 3.99. The molecule has 3 aromatic rings. The van der Waals surface area contributed by atoms with Crippen molar-refractivity contribution >= 4 is 17.2 Å². The Morgan fingerprint density at radius 1 is 1.38 bits per heavy atom. The van der Waals surface area contributed by atoms with Crippen molar-refractivity contribution in [2.24, 2.45) is 0 Å². The van der Waals surface area contributed by atoms with Gasteiger partial charge in [-0.25, -0.2) is 4.39 Å². The summed E-state index contributed by atoms with van der Waals surface area (Å²) in [6.07, 6.45) is 2.00. The van der Waals surface area contributed by atoms with Crippen LogP contribution >= 0.6 is 11.3 Å². The van der Waals surface area contributed by atoms with Gasteiger partial charge in [-0.05, 0) is 48.2 Å². The highest BCUT2D eigenvalue weighted by Gasteiger charge is 2.28. The molecule has 0 spiro atoms. The van der Waals surface area contributed by atoms with Crippen molar-refractivity contribution in [1.82, 2.24) is 10.3 Å². The molecule has 26 heavy (non-hydrogen) atoms. The van der Waals surface area contributed by atoms with Crippen LogP contribution < -0.4 is 10.1 Å². The molecule has 2 aromatic heterocycles. The van der Waals surface area contributed by atoms with Crippen molar-refractivity contribution in [3.05, 3.63) is 69.8 Å². The minimum absolute atomic E-state index is 0.104. The standard InChI is InChI=1S/C20H17FN2O2S/c1-12-5-7-26-19(12)20(24)23-11-15-9-13-8-14(21)10-16(18(13)25-15)17-4-2-3-6-22-17/h2-8,10,15H,9,11H2,1H3,(H,23,24). The van der Waals surface area contributed by atoms with Crippen molar-refractivity contribution in [3.63, 3.8) is 0 Å². The van der Waals surface area contributed by atoms with E-state index in [0.29, 0.717) is 34.8 Å². The maximum Gasteiger partial charge on any atom is 0.261 e. The minimum Gasteiger partial charge on any atom is -0.487 e. The van der Waals surface area contributed by atoms with Crippen LogP contribution in [0.25, 0.3) is 11.3 Å². The topological polar surface area (TPSA) is 51.2 Å². The number of rotatable bonds is 4. The molecule has 1 aromatic carbocycles. The number of ether oxygens (including phenoxy) is 1. The molecule has 6 heteroatoms. The number of carbonyl (C=O) groups excluding carboxylic acids is 1. The molecule has 1 amide bonds. The third-order valence-electron chi connectivity index (χ3n) is 4.36. The molecule has 0 radical (unpaired) electrons. The van der Waals surface area contributed by atoms with E-state index in [2.05, 4.69) is 10.3 Å². The van der Waals surface area contributed by atoms with E-state index in [1.165, 1.54) is 23.5 Å². The molecule has 0 fully saturated rings. The van der Waals surface area contributed by atoms with E-state index in [1.807, 2.05) is 36.6 Å². The van der Waals surface area contributed by atoms with E-state index < -0.39 is 0 Å². The van der Waals surface area contributed by atoms with E-state index in [-0.39, 0.29) is 17.8 Å². The Kier molecular flexibility index (Phi) is 4.42. The molecule has 0 bridgehead atoms. The van der Waals surface area contributed by atoms with Gasteiger partial charge >= 0.3 is 0 Å². The lowest BCUT2D eigenvalue weighted by Crippen LogP contribution is -2.34. The third kappa shape index (κ3) is 3.20. The van der Waals surface area contributed by atoms with Crippen molar-refractivity contribution in [2.45, 2.75) is 19.4 Å². The molecular formula is C20H17FN2O2S. The average molecular weight is 368 g/mol. The number of hydrogen-bond donors (Lipinski definition) is 1. The van der Waals surface area contributed by atoms with Crippen LogP contribution in [0.3, 0.4) is 0 Å². The van der Waals surface area contributed by atoms with Gasteiger partial charge in [-0.2, -0.15) is 0 Å². The number of nitrogens with zero attached hydrogens (tertiary/aromatic N) is 1. The highest BCUT2D eigenvalue weighted by Crippen LogP contribution is 2.38. The van der Waals surface area contributed by atoms with Crippen LogP contribution in [0.15, 0.2) is 48.0 Å². The van der Waals surface area contributed by atoms with Crippen LogP contribution in [0.4, 0.5) is 4.39 Å². The number of thiophene rings is 1. The van der Waals surface area contributed by atoms with Gasteiger partial charge in [-0.15, -0.1) is 11.3 Å². The van der Waals surface area contributed by atoms with Crippen LogP contribution in [-0.4, -0.2) is 23.5 Å². The fourth-order valence-electron chi connectivity index (χ4n) is 3.11. The van der Waals surface area contributed by atoms with Gasteiger partial charge in [-0.3, -0.25) is 9.78 Å². The zero-order chi connectivity index (χ0) is 18.1. The highest BCUT2D eigenvalue weighted by atomic mass is 32.1. The quantitative estimate of drug-likeness (QED) is 0.758. The molecule has 0 saturated carbocycles. The Bertz CT molecular complexity index is 956. The predicted molar refractivity (Wildman–Crippen MR) is 99.1 cm³/mol. The van der Waals surface area contributed by atoms with E-state index in [0.717, 1.165) is 11.1 Å². The first-order chi connectivity index (χ1) is 12.6. The summed E-state index contributed by atoms with van der Waals surface area (Å²) in [5, 5.41) is 4.81. The summed E-state index contributed by atoms with van der Waals surface area (Å²) in [5.41, 5.74) is 3.07. The van der Waals surface area contributed by atoms with E-state index >= 15 is 0 Å². The van der Waals surface area contributed by atoms with Crippen molar-refractivity contribution in [2.75, 3.05) is 6.54 Å². The normalized spacial score (nSPS) is 15.4. The summed E-state index contributed by atoms with van der Waals surface area (Å²) in [6, 6.07) is 10.4. The second kappa shape index (κ2) is 6.88. The number of carbonyl (C=O) groups is 1. The Labute approximate surface area is 154 Å². The summed E-state index contributed by atoms with van der Waals surface area (Å²) in [4.78, 5) is 17.3. The van der Waals surface area contributed by atoms with Gasteiger partial charge in [0.1, 0.15) is 17.7 Å². The molecule has 0 saturated heterocycles. The van der Waals surface area contributed by atoms with Crippen LogP contribution in [0.2, 0.25) is 0 Å². The molecule has 1 unspecified atom stereocenters. The summed E-state index contributed by atoms with van der Waals surface area (Å²) in [7, 11) is 0. The molecule has 1 aliphatic rings. The van der Waals surface area contributed by atoms with Crippen LogP contribution in [0.1, 0.15) is 20.8 Å². The number of hydrogen-bond acceptors (Lipinski definition) is 4. The van der Waals surface area contributed by atoms with Gasteiger partial charge in [0, 0.05) is 23.7 Å². The number of halogens is 1. The third-order valence-corrected chi connectivity index (χ3v) is 5.38. The first-order valence-corrected chi connectivity index (χ1v) is 9.22. The van der Waals surface area contributed by atoms with Crippen molar-refractivity contribution in [3.8, 4) is 17.0 Å². The number of fused-ring (bicyclic) bond motifs is 1. The average Bonchev–Trinajstić information content (AvgIpc) is 3.25. The lowest BCUT2D eigenvalue weighted by atomic mass is 10.0. The van der Waals surface area contributed by atoms with Crippen LogP contribution in [0.5, 0.6) is 5.75 Å². The molecule has 1 atom stereocenters. The molecule has 132 valence electrons. The van der Waals surface area contributed by atoms with Crippen molar-refractivity contribution in [1.29, 1.82) is 0 Å². The van der Waals surface area contributed by atoms with Gasteiger partial charge in [0.2, 0.25) is 0 Å². The first-order valence-electron chi connectivity index (χ1n) is 8.34. The summed E-state index contributed by atoms with van der Waals surface area (Å²) in [5.74, 6) is 0.233. The monoisotopic (exact) mass is 368 g/mol. The van der Waals surface area contributed by atoms with Crippen LogP contribution in [0, 0.1) is 12.7 Å². The largest absolute Gasteiger partial charge is 0.487 e. The molecule has 3 heterocycles. The lowest BCUT2D eigenvalue weighted by Gasteiger charge is -2.13. The summed E-state index contributed by atoms with van der Waals surface area (Å²) < 4.78 is 20.1. The van der Waals surface area contributed by atoms with E-state index in [9.17, 15) is 9.18 Å². The minimum atomic E-state index is -0.313. The van der Waals surface area contributed by atoms with Gasteiger partial charge in [-0.1, -0.05) is 6.07 Å². The first kappa shape index (κ1) is 16.7. The van der Waals surface area contributed by atoms with Gasteiger partial charge in [0.25, 0.3) is 5.91 Å². The van der Waals surface area contributed by atoms with Crippen molar-refractivity contribution < 1.29 is 13.9 Å². The SMILES string of the molecule is Cc1ccsc1C(=O)NCC1Cc2cc(F)cc(-c3ccccn3)c2O1. The maximum absolute atomic E-state index is 14.0. The van der Waals surface area contributed by atoms with Crippen LogP contribution in [-0.2, 0) is 6.42 Å². The Morgan fingerprint density at radius 2 is 2.27 bits per heavy atom. The molecule has 0 aliphatic carbocycles. The molecule has 1 N–H and O–H groups in total. The summed E-state index contributed by atoms with van der Waals surface area (Å²) >= 11 is 1.42. The fraction of sp³-hybridized carbons (Fsp3) is 0.200. The molecule has 4 nitrogen and oxygen atoms in total. The van der Waals surface area contributed by atoms with E-state index in [4.69, 9.17) is 4.74 Å². The Balaban J connectivity index is 1.51. The lowest BCUT2D eigenvalue weighted by molar-refractivity contribution is 0.0937. The number of nitrogens with one attached hydrogen (secondary N) is 1. The Morgan fingerprint density at radius 3 is 3.00 bits per heavy atom. The smallest absolute Gasteiger partial charge is 0.261 e. The zero-order valence-electron chi connectivity index (χ0n) is 14.2. The van der Waals surface area contributed by atoms with Gasteiger partial charge in [0.15, 0.2) is 0 Å².